The number of fused-ring (bicyclic) bond motifs is 6. The molecule has 4 nitrogen and oxygen atoms in total. The number of aryl methyl sites for hydroxylation is 3. The SMILES string of the molecule is Cc1ccc2c(n1)oc1c(-c3nc(C)nc4c3cc(C)c3ccccc34)cccc12. The third-order valence-corrected chi connectivity index (χ3v) is 5.78. The molecular formula is C26H19N3O. The Balaban J connectivity index is 1.77. The molecule has 0 atom stereocenters. The number of pyridine rings is 1. The van der Waals surface area contributed by atoms with E-state index in [1.54, 1.807) is 0 Å². The van der Waals surface area contributed by atoms with Gasteiger partial charge in [0.05, 0.1) is 11.2 Å². The van der Waals surface area contributed by atoms with Crippen LogP contribution in [-0.4, -0.2) is 15.0 Å². The molecule has 0 aliphatic rings. The number of hydrogen-bond acceptors (Lipinski definition) is 4. The standard InChI is InChI=1S/C26H19N3O/c1-14-13-22-23(18-8-5-4-7-17(14)18)28-16(3)29-24(22)21-10-6-9-19-20-12-11-15(2)27-26(20)30-25(19)21/h4-13H,1-3H3. The van der Waals surface area contributed by atoms with Crippen molar-refractivity contribution in [2.75, 3.05) is 0 Å². The molecule has 0 radical (unpaired) electrons. The third-order valence-electron chi connectivity index (χ3n) is 5.78. The Hall–Kier alpha value is -3.79. The molecule has 0 saturated heterocycles. The van der Waals surface area contributed by atoms with Crippen molar-refractivity contribution in [3.8, 4) is 11.3 Å². The van der Waals surface area contributed by atoms with Crippen molar-refractivity contribution >= 4 is 43.7 Å². The van der Waals surface area contributed by atoms with Crippen molar-refractivity contribution in [1.82, 2.24) is 15.0 Å². The van der Waals surface area contributed by atoms with Crippen LogP contribution < -0.4 is 0 Å². The molecule has 0 aliphatic heterocycles. The summed E-state index contributed by atoms with van der Waals surface area (Å²) in [5.41, 5.74) is 6.46. The molecule has 0 N–H and O–H groups in total. The highest BCUT2D eigenvalue weighted by Crippen LogP contribution is 2.38. The van der Waals surface area contributed by atoms with Crippen molar-refractivity contribution in [3.05, 3.63) is 77.7 Å². The quantitative estimate of drug-likeness (QED) is 0.295. The lowest BCUT2D eigenvalue weighted by Gasteiger charge is -2.12. The molecule has 3 aromatic heterocycles. The second kappa shape index (κ2) is 6.10. The van der Waals surface area contributed by atoms with Gasteiger partial charge in [0.1, 0.15) is 11.4 Å². The Morgan fingerprint density at radius 1 is 0.667 bits per heavy atom. The molecular weight excluding hydrogens is 370 g/mol. The van der Waals surface area contributed by atoms with E-state index in [1.807, 2.05) is 19.9 Å². The van der Waals surface area contributed by atoms with Gasteiger partial charge < -0.3 is 4.42 Å². The van der Waals surface area contributed by atoms with Gasteiger partial charge in [0.2, 0.25) is 5.71 Å². The molecule has 0 bridgehead atoms. The molecule has 0 unspecified atom stereocenters. The Morgan fingerprint density at radius 3 is 2.33 bits per heavy atom. The molecule has 144 valence electrons. The topological polar surface area (TPSA) is 51.8 Å². The van der Waals surface area contributed by atoms with Crippen LogP contribution in [-0.2, 0) is 0 Å². The minimum Gasteiger partial charge on any atom is -0.437 e. The molecule has 0 aliphatic carbocycles. The highest BCUT2D eigenvalue weighted by Gasteiger charge is 2.18. The van der Waals surface area contributed by atoms with Crippen molar-refractivity contribution in [2.24, 2.45) is 0 Å². The lowest BCUT2D eigenvalue weighted by atomic mass is 9.97. The summed E-state index contributed by atoms with van der Waals surface area (Å²) in [5.74, 6) is 0.744. The zero-order chi connectivity index (χ0) is 20.4. The second-order valence-corrected chi connectivity index (χ2v) is 7.84. The summed E-state index contributed by atoms with van der Waals surface area (Å²) in [4.78, 5) is 14.3. The van der Waals surface area contributed by atoms with Gasteiger partial charge in [-0.25, -0.2) is 15.0 Å². The third kappa shape index (κ3) is 2.37. The van der Waals surface area contributed by atoms with E-state index in [-0.39, 0.29) is 0 Å². The van der Waals surface area contributed by atoms with E-state index in [9.17, 15) is 0 Å². The van der Waals surface area contributed by atoms with Gasteiger partial charge in [-0.15, -0.1) is 0 Å². The minimum atomic E-state index is 0.661. The Morgan fingerprint density at radius 2 is 1.47 bits per heavy atom. The zero-order valence-electron chi connectivity index (χ0n) is 17.0. The van der Waals surface area contributed by atoms with Crippen LogP contribution in [0.25, 0.3) is 55.0 Å². The molecule has 0 spiro atoms. The smallest absolute Gasteiger partial charge is 0.227 e. The van der Waals surface area contributed by atoms with Crippen molar-refractivity contribution in [3.63, 3.8) is 0 Å². The summed E-state index contributed by atoms with van der Waals surface area (Å²) in [6, 6.07) is 20.9. The van der Waals surface area contributed by atoms with Gasteiger partial charge in [0, 0.05) is 32.8 Å². The number of benzene rings is 3. The van der Waals surface area contributed by atoms with Gasteiger partial charge in [-0.05, 0) is 56.0 Å². The highest BCUT2D eigenvalue weighted by molar-refractivity contribution is 6.14. The van der Waals surface area contributed by atoms with Crippen LogP contribution in [0.5, 0.6) is 0 Å². The predicted molar refractivity (Wildman–Crippen MR) is 122 cm³/mol. The van der Waals surface area contributed by atoms with Crippen molar-refractivity contribution in [1.29, 1.82) is 0 Å². The van der Waals surface area contributed by atoms with E-state index in [0.29, 0.717) is 5.71 Å². The minimum absolute atomic E-state index is 0.661. The normalized spacial score (nSPS) is 11.8. The van der Waals surface area contributed by atoms with Gasteiger partial charge in [0.25, 0.3) is 0 Å². The van der Waals surface area contributed by atoms with E-state index in [1.165, 1.54) is 10.9 Å². The van der Waals surface area contributed by atoms with E-state index in [4.69, 9.17) is 14.4 Å². The van der Waals surface area contributed by atoms with Crippen LogP contribution in [0.4, 0.5) is 0 Å². The van der Waals surface area contributed by atoms with Crippen molar-refractivity contribution < 1.29 is 4.42 Å². The van der Waals surface area contributed by atoms with E-state index in [2.05, 4.69) is 66.5 Å². The number of furan rings is 1. The largest absolute Gasteiger partial charge is 0.437 e. The fourth-order valence-electron chi connectivity index (χ4n) is 4.41. The van der Waals surface area contributed by atoms with E-state index >= 15 is 0 Å². The monoisotopic (exact) mass is 389 g/mol. The average molecular weight is 389 g/mol. The number of nitrogens with zero attached hydrogens (tertiary/aromatic N) is 3. The first-order chi connectivity index (χ1) is 14.6. The molecule has 30 heavy (non-hydrogen) atoms. The summed E-state index contributed by atoms with van der Waals surface area (Å²) in [5, 5.41) is 5.48. The molecule has 6 rings (SSSR count). The maximum absolute atomic E-state index is 6.25. The number of aromatic nitrogens is 3. The number of para-hydroxylation sites is 1. The second-order valence-electron chi connectivity index (χ2n) is 7.84. The van der Waals surface area contributed by atoms with Crippen molar-refractivity contribution in [2.45, 2.75) is 20.8 Å². The number of rotatable bonds is 1. The fourth-order valence-corrected chi connectivity index (χ4v) is 4.41. The van der Waals surface area contributed by atoms with Crippen LogP contribution >= 0.6 is 0 Å². The van der Waals surface area contributed by atoms with Gasteiger partial charge in [-0.3, -0.25) is 0 Å². The first kappa shape index (κ1) is 17.1. The van der Waals surface area contributed by atoms with Crippen LogP contribution in [0.1, 0.15) is 17.1 Å². The first-order valence-corrected chi connectivity index (χ1v) is 10.1. The summed E-state index contributed by atoms with van der Waals surface area (Å²) in [6.07, 6.45) is 0. The molecule has 4 heteroatoms. The maximum atomic E-state index is 6.25. The van der Waals surface area contributed by atoms with Gasteiger partial charge in [-0.1, -0.05) is 36.4 Å². The maximum Gasteiger partial charge on any atom is 0.227 e. The predicted octanol–water partition coefficient (Wildman–Crippen LogP) is 6.67. The van der Waals surface area contributed by atoms with Crippen LogP contribution in [0, 0.1) is 20.8 Å². The molecule has 3 heterocycles. The van der Waals surface area contributed by atoms with Crippen LogP contribution in [0.3, 0.4) is 0 Å². The van der Waals surface area contributed by atoms with Crippen LogP contribution in [0.15, 0.2) is 65.1 Å². The Kier molecular flexibility index (Phi) is 3.48. The Labute approximate surface area is 173 Å². The van der Waals surface area contributed by atoms with E-state index in [0.717, 1.165) is 55.4 Å². The lowest BCUT2D eigenvalue weighted by Crippen LogP contribution is -1.96. The first-order valence-electron chi connectivity index (χ1n) is 10.1. The summed E-state index contributed by atoms with van der Waals surface area (Å²) >= 11 is 0. The van der Waals surface area contributed by atoms with Gasteiger partial charge >= 0.3 is 0 Å². The average Bonchev–Trinajstić information content (AvgIpc) is 3.12. The summed E-state index contributed by atoms with van der Waals surface area (Å²) in [6.45, 7) is 6.06. The molecule has 0 amide bonds. The fraction of sp³-hybridized carbons (Fsp3) is 0.115. The number of hydrogen-bond donors (Lipinski definition) is 0. The van der Waals surface area contributed by atoms with Gasteiger partial charge in [0.15, 0.2) is 0 Å². The molecule has 3 aromatic carbocycles. The highest BCUT2D eigenvalue weighted by atomic mass is 16.3. The summed E-state index contributed by atoms with van der Waals surface area (Å²) in [7, 11) is 0. The van der Waals surface area contributed by atoms with Crippen LogP contribution in [0.2, 0.25) is 0 Å². The Bertz CT molecular complexity index is 1630. The zero-order valence-corrected chi connectivity index (χ0v) is 17.0. The molecule has 6 aromatic rings. The lowest BCUT2D eigenvalue weighted by molar-refractivity contribution is 0.653. The molecule has 0 fully saturated rings. The van der Waals surface area contributed by atoms with Gasteiger partial charge in [-0.2, -0.15) is 0 Å². The summed E-state index contributed by atoms with van der Waals surface area (Å²) < 4.78 is 6.25. The van der Waals surface area contributed by atoms with E-state index < -0.39 is 0 Å². The molecule has 0 saturated carbocycles.